The van der Waals surface area contributed by atoms with Crippen LogP contribution in [0.4, 0.5) is 0 Å². The molecule has 1 aromatic rings. The van der Waals surface area contributed by atoms with Crippen LogP contribution >= 0.6 is 11.8 Å². The van der Waals surface area contributed by atoms with Crippen LogP contribution in [-0.2, 0) is 10.6 Å². The van der Waals surface area contributed by atoms with Gasteiger partial charge in [-0.2, -0.15) is 0 Å². The average molecular weight is 185 g/mol. The van der Waals surface area contributed by atoms with Gasteiger partial charge in [0.15, 0.2) is 0 Å². The van der Waals surface area contributed by atoms with Crippen LogP contribution in [0.3, 0.4) is 0 Å². The first kappa shape index (κ1) is 8.16. The molecule has 0 radical (unpaired) electrons. The Morgan fingerprint density at radius 3 is 2.92 bits per heavy atom. The first-order valence-electron chi connectivity index (χ1n) is 3.84. The molecule has 1 aliphatic rings. The van der Waals surface area contributed by atoms with Gasteiger partial charge in [0.2, 0.25) is 0 Å². The Kier molecular flexibility index (Phi) is 1.90. The molecular weight excluding hydrogens is 174 g/mol. The summed E-state index contributed by atoms with van der Waals surface area (Å²) in [6.07, 6.45) is 1.97. The Hall–Kier alpha value is -0.450. The van der Waals surface area contributed by atoms with E-state index >= 15 is 0 Å². The maximum Gasteiger partial charge on any atom is 0.104 e. The van der Waals surface area contributed by atoms with Gasteiger partial charge in [-0.05, 0) is 12.1 Å². The number of aliphatic hydroxyl groups is 2. The molecule has 0 aliphatic carbocycles. The Morgan fingerprint density at radius 2 is 2.25 bits per heavy atom. The Morgan fingerprint density at radius 1 is 1.50 bits per heavy atom. The molecule has 0 fully saturated rings. The fourth-order valence-electron chi connectivity index (χ4n) is 1.51. The average Bonchev–Trinajstić information content (AvgIpc) is 2.64. The molecule has 0 amide bonds. The molecule has 1 aliphatic heterocycles. The predicted molar refractivity (Wildman–Crippen MR) is 47.9 cm³/mol. The summed E-state index contributed by atoms with van der Waals surface area (Å²) < 4.78 is 1.58. The van der Waals surface area contributed by atoms with E-state index in [2.05, 4.69) is 4.57 Å². The maximum atomic E-state index is 9.19. The molecule has 4 heteroatoms. The summed E-state index contributed by atoms with van der Waals surface area (Å²) in [5.74, 6) is 0.823. The van der Waals surface area contributed by atoms with Crippen LogP contribution < -0.4 is 0 Å². The number of aromatic nitrogens is 1. The quantitative estimate of drug-likeness (QED) is 0.700. The van der Waals surface area contributed by atoms with Gasteiger partial charge in [0, 0.05) is 11.9 Å². The Labute approximate surface area is 75.0 Å². The standard InChI is InChI=1S/C8H11NO2S/c10-4-8(5-11)7-2-1-3-9(7)6-12-8/h1-3,10-11H,4-6H2. The molecule has 2 N–H and O–H groups in total. The van der Waals surface area contributed by atoms with E-state index in [9.17, 15) is 10.2 Å². The van der Waals surface area contributed by atoms with Gasteiger partial charge in [-0.1, -0.05) is 0 Å². The van der Waals surface area contributed by atoms with Crippen LogP contribution in [0.1, 0.15) is 5.69 Å². The zero-order valence-electron chi connectivity index (χ0n) is 6.60. The van der Waals surface area contributed by atoms with E-state index in [4.69, 9.17) is 0 Å². The smallest absolute Gasteiger partial charge is 0.104 e. The first-order chi connectivity index (χ1) is 5.82. The first-order valence-corrected chi connectivity index (χ1v) is 4.82. The van der Waals surface area contributed by atoms with Crippen molar-refractivity contribution in [2.45, 2.75) is 10.6 Å². The molecule has 0 spiro atoms. The van der Waals surface area contributed by atoms with Crippen LogP contribution in [-0.4, -0.2) is 28.0 Å². The molecule has 3 nitrogen and oxygen atoms in total. The van der Waals surface area contributed by atoms with E-state index in [1.807, 2.05) is 18.3 Å². The number of aliphatic hydroxyl groups excluding tert-OH is 2. The molecule has 2 heterocycles. The number of thioether (sulfide) groups is 1. The zero-order valence-corrected chi connectivity index (χ0v) is 7.42. The number of rotatable bonds is 2. The lowest BCUT2D eigenvalue weighted by Gasteiger charge is -2.21. The molecule has 0 saturated heterocycles. The Bertz CT molecular complexity index is 280. The fraction of sp³-hybridized carbons (Fsp3) is 0.500. The molecule has 0 bridgehead atoms. The van der Waals surface area contributed by atoms with Gasteiger partial charge >= 0.3 is 0 Å². The van der Waals surface area contributed by atoms with Gasteiger partial charge in [-0.25, -0.2) is 0 Å². The molecule has 66 valence electrons. The lowest BCUT2D eigenvalue weighted by atomic mass is 10.1. The number of hydrogen-bond donors (Lipinski definition) is 2. The predicted octanol–water partition coefficient (Wildman–Crippen LogP) is 0.372. The second kappa shape index (κ2) is 2.80. The minimum Gasteiger partial charge on any atom is -0.394 e. The second-order valence-corrected chi connectivity index (χ2v) is 4.28. The summed E-state index contributed by atoms with van der Waals surface area (Å²) in [4.78, 5) is 0. The van der Waals surface area contributed by atoms with Gasteiger partial charge in [0.1, 0.15) is 4.75 Å². The van der Waals surface area contributed by atoms with Gasteiger partial charge in [0.25, 0.3) is 0 Å². The van der Waals surface area contributed by atoms with E-state index in [-0.39, 0.29) is 13.2 Å². The molecule has 12 heavy (non-hydrogen) atoms. The normalized spacial score (nSPS) is 19.5. The summed E-state index contributed by atoms with van der Waals surface area (Å²) in [6.45, 7) is -0.00361. The highest BCUT2D eigenvalue weighted by molar-refractivity contribution is 7.99. The minimum absolute atomic E-state index is 0.00181. The third-order valence-corrected chi connectivity index (χ3v) is 3.71. The molecule has 0 saturated carbocycles. The van der Waals surface area contributed by atoms with Crippen molar-refractivity contribution in [1.29, 1.82) is 0 Å². The van der Waals surface area contributed by atoms with Gasteiger partial charge < -0.3 is 14.8 Å². The van der Waals surface area contributed by atoms with Gasteiger partial charge in [0.05, 0.1) is 19.1 Å². The summed E-state index contributed by atoms with van der Waals surface area (Å²) in [6, 6.07) is 3.89. The summed E-state index contributed by atoms with van der Waals surface area (Å²) in [5, 5.41) is 18.4. The lowest BCUT2D eigenvalue weighted by Crippen LogP contribution is -2.28. The monoisotopic (exact) mass is 185 g/mol. The molecule has 0 unspecified atom stereocenters. The van der Waals surface area contributed by atoms with Crippen molar-refractivity contribution >= 4 is 11.8 Å². The van der Waals surface area contributed by atoms with E-state index < -0.39 is 4.75 Å². The van der Waals surface area contributed by atoms with Crippen molar-refractivity contribution in [2.75, 3.05) is 13.2 Å². The lowest BCUT2D eigenvalue weighted by molar-refractivity contribution is 0.172. The van der Waals surface area contributed by atoms with Crippen molar-refractivity contribution in [2.24, 2.45) is 0 Å². The van der Waals surface area contributed by atoms with E-state index in [0.29, 0.717) is 0 Å². The summed E-state index contributed by atoms with van der Waals surface area (Å²) >= 11 is 1.59. The second-order valence-electron chi connectivity index (χ2n) is 2.95. The molecular formula is C8H11NO2S. The molecule has 2 rings (SSSR count). The van der Waals surface area contributed by atoms with Crippen molar-refractivity contribution < 1.29 is 10.2 Å². The highest BCUT2D eigenvalue weighted by Gasteiger charge is 2.38. The number of nitrogens with zero attached hydrogens (tertiary/aromatic N) is 1. The summed E-state index contributed by atoms with van der Waals surface area (Å²) in [5.41, 5.74) is 1.03. The van der Waals surface area contributed by atoms with Crippen molar-refractivity contribution in [3.63, 3.8) is 0 Å². The van der Waals surface area contributed by atoms with Crippen LogP contribution in [0.5, 0.6) is 0 Å². The third kappa shape index (κ3) is 0.920. The van der Waals surface area contributed by atoms with E-state index in [0.717, 1.165) is 11.6 Å². The van der Waals surface area contributed by atoms with Crippen molar-refractivity contribution in [1.82, 2.24) is 4.57 Å². The van der Waals surface area contributed by atoms with E-state index in [1.165, 1.54) is 0 Å². The highest BCUT2D eigenvalue weighted by atomic mass is 32.2. The molecule has 0 aromatic carbocycles. The van der Waals surface area contributed by atoms with Crippen molar-refractivity contribution in [3.8, 4) is 0 Å². The minimum atomic E-state index is -0.469. The third-order valence-electron chi connectivity index (χ3n) is 2.29. The van der Waals surface area contributed by atoms with Crippen LogP contribution in [0.25, 0.3) is 0 Å². The fourth-order valence-corrected chi connectivity index (χ4v) is 2.64. The summed E-state index contributed by atoms with van der Waals surface area (Å²) in [7, 11) is 0. The van der Waals surface area contributed by atoms with Crippen LogP contribution in [0.2, 0.25) is 0 Å². The highest BCUT2D eigenvalue weighted by Crippen LogP contribution is 2.42. The van der Waals surface area contributed by atoms with E-state index in [1.54, 1.807) is 11.8 Å². The maximum absolute atomic E-state index is 9.19. The van der Waals surface area contributed by atoms with Crippen LogP contribution in [0, 0.1) is 0 Å². The van der Waals surface area contributed by atoms with Gasteiger partial charge in [-0.15, -0.1) is 11.8 Å². The topological polar surface area (TPSA) is 45.4 Å². The molecule has 1 aromatic heterocycles. The number of hydrogen-bond acceptors (Lipinski definition) is 3. The zero-order chi connectivity index (χ0) is 8.60. The van der Waals surface area contributed by atoms with Crippen molar-refractivity contribution in [3.05, 3.63) is 24.0 Å². The SMILES string of the molecule is OCC1(CO)SCn2cccc21. The molecule has 0 atom stereocenters. The number of fused-ring (bicyclic) bond motifs is 1. The Balaban J connectivity index is 2.42. The van der Waals surface area contributed by atoms with Gasteiger partial charge in [-0.3, -0.25) is 0 Å². The van der Waals surface area contributed by atoms with Crippen LogP contribution in [0.15, 0.2) is 18.3 Å². The largest absolute Gasteiger partial charge is 0.394 e.